The average Bonchev–Trinajstić information content (AvgIpc) is 3.00. The Morgan fingerprint density at radius 1 is 1.03 bits per heavy atom. The van der Waals surface area contributed by atoms with E-state index in [9.17, 15) is 0 Å². The fourth-order valence-electron chi connectivity index (χ4n) is 4.75. The Morgan fingerprint density at radius 3 is 2.68 bits per heavy atom. The average molecular weight is 411 g/mol. The molecular formula is C28H30N2O. The van der Waals surface area contributed by atoms with E-state index in [0.717, 1.165) is 41.7 Å². The van der Waals surface area contributed by atoms with E-state index in [1.807, 2.05) is 0 Å². The first-order valence-electron chi connectivity index (χ1n) is 11.3. The van der Waals surface area contributed by atoms with Crippen LogP contribution in [0.5, 0.6) is 0 Å². The molecule has 0 radical (unpaired) electrons. The molecule has 0 unspecified atom stereocenters. The van der Waals surface area contributed by atoms with Gasteiger partial charge < -0.3 is 9.73 Å². The summed E-state index contributed by atoms with van der Waals surface area (Å²) in [5, 5.41) is 4.59. The van der Waals surface area contributed by atoms with E-state index >= 15 is 0 Å². The van der Waals surface area contributed by atoms with Crippen molar-refractivity contribution in [2.24, 2.45) is 4.99 Å². The van der Waals surface area contributed by atoms with E-state index in [2.05, 4.69) is 98.7 Å². The molecule has 158 valence electrons. The zero-order chi connectivity index (χ0) is 21.6. The number of fused-ring (bicyclic) bond motifs is 3. The van der Waals surface area contributed by atoms with E-state index in [4.69, 9.17) is 4.42 Å². The topological polar surface area (TPSA) is 37.5 Å². The van der Waals surface area contributed by atoms with Crippen LogP contribution in [0.25, 0.3) is 16.9 Å². The molecule has 1 N–H and O–H groups in total. The van der Waals surface area contributed by atoms with E-state index in [-0.39, 0.29) is 11.5 Å². The Bertz CT molecular complexity index is 1240. The van der Waals surface area contributed by atoms with Gasteiger partial charge in [0, 0.05) is 34.5 Å². The lowest BCUT2D eigenvalue weighted by Crippen LogP contribution is -2.17. The van der Waals surface area contributed by atoms with Crippen LogP contribution < -0.4 is 10.7 Å². The summed E-state index contributed by atoms with van der Waals surface area (Å²) in [6.07, 6.45) is 7.76. The second-order valence-electron chi connectivity index (χ2n) is 9.47. The molecule has 31 heavy (non-hydrogen) atoms. The van der Waals surface area contributed by atoms with E-state index in [0.29, 0.717) is 0 Å². The normalized spacial score (nSPS) is 20.4. The minimum atomic E-state index is -0.0288. The lowest BCUT2D eigenvalue weighted by molar-refractivity contribution is 0.526. The van der Waals surface area contributed by atoms with Crippen LogP contribution in [0.15, 0.2) is 75.8 Å². The van der Waals surface area contributed by atoms with Crippen molar-refractivity contribution < 1.29 is 4.42 Å². The fourth-order valence-corrected chi connectivity index (χ4v) is 4.75. The number of hydrogen-bond acceptors (Lipinski definition) is 3. The van der Waals surface area contributed by atoms with Crippen molar-refractivity contribution in [2.75, 3.05) is 5.32 Å². The third-order valence-electron chi connectivity index (χ3n) is 6.42. The molecule has 0 saturated heterocycles. The Balaban J connectivity index is 1.56. The molecule has 4 aliphatic rings. The molecule has 0 bridgehead atoms. The number of para-hydroxylation sites is 1. The number of hydrogen-bond donors (Lipinski definition) is 1. The molecule has 2 aliphatic heterocycles. The van der Waals surface area contributed by atoms with E-state index in [1.54, 1.807) is 0 Å². The van der Waals surface area contributed by atoms with Crippen LogP contribution in [-0.4, -0.2) is 6.04 Å². The number of nitrogens with zero attached hydrogens (tertiary/aromatic N) is 1. The zero-order valence-corrected chi connectivity index (χ0v) is 18.8. The van der Waals surface area contributed by atoms with Gasteiger partial charge in [-0.05, 0) is 80.2 Å². The molecule has 0 saturated carbocycles. The van der Waals surface area contributed by atoms with Gasteiger partial charge in [-0.1, -0.05) is 38.1 Å². The summed E-state index contributed by atoms with van der Waals surface area (Å²) in [6.45, 7) is 8.75. The first kappa shape index (κ1) is 19.9. The summed E-state index contributed by atoms with van der Waals surface area (Å²) < 4.78 is 6.47. The standard InChI is InChI=1S/C28H30N2O/c1-18(2)29-22-14-12-20-16-21-9-7-8-19(27(21)31-25(20)17-22)13-15-26-28(3,4)23-10-5-6-11-24(23)30-26/h5-6,10-18,30H,7-9H2,1-4H3/b19-13+,26-15-,29-22?. The third-order valence-corrected chi connectivity index (χ3v) is 6.42. The van der Waals surface area contributed by atoms with Gasteiger partial charge in [0.05, 0.1) is 5.36 Å². The molecule has 2 aliphatic carbocycles. The highest BCUT2D eigenvalue weighted by Gasteiger charge is 2.34. The molecular weight excluding hydrogens is 380 g/mol. The van der Waals surface area contributed by atoms with Gasteiger partial charge >= 0.3 is 0 Å². The van der Waals surface area contributed by atoms with E-state index < -0.39 is 0 Å². The number of benzene rings is 2. The van der Waals surface area contributed by atoms with Crippen LogP contribution in [0, 0.1) is 0 Å². The predicted octanol–water partition coefficient (Wildman–Crippen LogP) is 6.70. The summed E-state index contributed by atoms with van der Waals surface area (Å²) in [6, 6.07) is 17.4. The lowest BCUT2D eigenvalue weighted by atomic mass is 9.83. The summed E-state index contributed by atoms with van der Waals surface area (Å²) in [7, 11) is 0. The summed E-state index contributed by atoms with van der Waals surface area (Å²) >= 11 is 0. The van der Waals surface area contributed by atoms with Crippen LogP contribution in [0.1, 0.15) is 57.4 Å². The van der Waals surface area contributed by atoms with Gasteiger partial charge in [-0.15, -0.1) is 0 Å². The highest BCUT2D eigenvalue weighted by molar-refractivity contribution is 5.73. The molecule has 1 aromatic rings. The molecule has 0 spiro atoms. The van der Waals surface area contributed by atoms with Crippen molar-refractivity contribution in [3.8, 4) is 11.3 Å². The van der Waals surface area contributed by atoms with E-state index in [1.165, 1.54) is 28.1 Å². The SMILES string of the molecule is CC(C)N=c1ccc2cc3c(oc-2c1)/C(=C/C=C1\Nc2ccccc2C1(C)C)CCC3. The predicted molar refractivity (Wildman–Crippen MR) is 128 cm³/mol. The number of nitrogens with one attached hydrogen (secondary N) is 1. The Kier molecular flexibility index (Phi) is 4.85. The number of rotatable bonds is 2. The number of anilines is 1. The molecule has 3 nitrogen and oxygen atoms in total. The van der Waals surface area contributed by atoms with Crippen molar-refractivity contribution in [1.82, 2.24) is 0 Å². The van der Waals surface area contributed by atoms with Gasteiger partial charge in [0.15, 0.2) is 0 Å². The van der Waals surface area contributed by atoms with Gasteiger partial charge in [0.2, 0.25) is 0 Å². The maximum absolute atomic E-state index is 6.47. The highest BCUT2D eigenvalue weighted by Crippen LogP contribution is 2.43. The minimum Gasteiger partial charge on any atom is -0.456 e. The molecule has 1 aromatic carbocycles. The first-order chi connectivity index (χ1) is 14.9. The Hall–Kier alpha value is -3.07. The van der Waals surface area contributed by atoms with Crippen molar-refractivity contribution in [3.63, 3.8) is 0 Å². The number of allylic oxidation sites excluding steroid dienone is 4. The van der Waals surface area contributed by atoms with Gasteiger partial charge in [-0.2, -0.15) is 0 Å². The summed E-state index contributed by atoms with van der Waals surface area (Å²) in [5.74, 6) is 1.94. The minimum absolute atomic E-state index is 0.0288. The van der Waals surface area contributed by atoms with Crippen molar-refractivity contribution in [3.05, 3.63) is 88.6 Å². The Morgan fingerprint density at radius 2 is 1.87 bits per heavy atom. The largest absolute Gasteiger partial charge is 0.456 e. The second-order valence-corrected chi connectivity index (χ2v) is 9.47. The van der Waals surface area contributed by atoms with Crippen LogP contribution in [0.3, 0.4) is 0 Å². The van der Waals surface area contributed by atoms with Gasteiger partial charge in [0.1, 0.15) is 11.5 Å². The van der Waals surface area contributed by atoms with Gasteiger partial charge in [0.25, 0.3) is 0 Å². The summed E-state index contributed by atoms with van der Waals surface area (Å²) in [5.41, 5.74) is 7.48. The molecule has 2 heterocycles. The molecule has 5 rings (SSSR count). The quantitative estimate of drug-likeness (QED) is 0.510. The first-order valence-corrected chi connectivity index (χ1v) is 11.3. The van der Waals surface area contributed by atoms with Gasteiger partial charge in [-0.3, -0.25) is 4.99 Å². The Labute approximate surface area is 184 Å². The maximum Gasteiger partial charge on any atom is 0.136 e. The smallest absolute Gasteiger partial charge is 0.136 e. The van der Waals surface area contributed by atoms with Crippen LogP contribution in [0.2, 0.25) is 0 Å². The second kappa shape index (κ2) is 7.56. The third kappa shape index (κ3) is 3.63. The molecule has 0 amide bonds. The van der Waals surface area contributed by atoms with Crippen molar-refractivity contribution >= 4 is 11.3 Å². The maximum atomic E-state index is 6.47. The van der Waals surface area contributed by atoms with Gasteiger partial charge in [-0.25, -0.2) is 0 Å². The lowest BCUT2D eigenvalue weighted by Gasteiger charge is -2.22. The molecule has 0 aromatic heterocycles. The number of aryl methyl sites for hydroxylation is 1. The summed E-state index contributed by atoms with van der Waals surface area (Å²) in [4.78, 5) is 4.67. The van der Waals surface area contributed by atoms with Crippen LogP contribution >= 0.6 is 0 Å². The van der Waals surface area contributed by atoms with Crippen molar-refractivity contribution in [1.29, 1.82) is 0 Å². The molecule has 0 fully saturated rings. The fraction of sp³-hybridized carbons (Fsp3) is 0.321. The molecule has 3 heteroatoms. The highest BCUT2D eigenvalue weighted by atomic mass is 16.3. The van der Waals surface area contributed by atoms with Crippen LogP contribution in [-0.2, 0) is 11.8 Å². The monoisotopic (exact) mass is 410 g/mol. The molecule has 0 atom stereocenters. The zero-order valence-electron chi connectivity index (χ0n) is 18.8. The van der Waals surface area contributed by atoms with Crippen molar-refractivity contribution in [2.45, 2.75) is 58.4 Å². The van der Waals surface area contributed by atoms with Crippen LogP contribution in [0.4, 0.5) is 5.69 Å².